The summed E-state index contributed by atoms with van der Waals surface area (Å²) >= 11 is 3.36. The molecule has 1 aliphatic rings. The van der Waals surface area contributed by atoms with Crippen LogP contribution in [0.4, 0.5) is 11.4 Å². The predicted octanol–water partition coefficient (Wildman–Crippen LogP) is 3.72. The number of hydrogen-bond acceptors (Lipinski definition) is 5. The van der Waals surface area contributed by atoms with E-state index in [1.165, 1.54) is 24.0 Å². The Labute approximate surface area is 178 Å². The number of benzene rings is 2. The second-order valence-electron chi connectivity index (χ2n) is 6.76. The van der Waals surface area contributed by atoms with Gasteiger partial charge in [0.05, 0.1) is 17.9 Å². The van der Waals surface area contributed by atoms with Crippen molar-refractivity contribution < 1.29 is 22.7 Å². The van der Waals surface area contributed by atoms with E-state index in [0.29, 0.717) is 16.6 Å². The summed E-state index contributed by atoms with van der Waals surface area (Å²) in [6.07, 6.45) is 0.565. The number of nitrogens with zero attached hydrogens (tertiary/aromatic N) is 1. The molecule has 1 amide bonds. The topological polar surface area (TPSA) is 92.8 Å². The third-order valence-corrected chi connectivity index (χ3v) is 6.42. The largest absolute Gasteiger partial charge is 0.462 e. The Kier molecular flexibility index (Phi) is 6.00. The standard InChI is InChI=1S/C20H21BrN2O5S/c1-4-28-20(25)14-6-5-7-17(10-14)22-29(26,27)18-11-16(21)9-15-8-12(2)23(13(3)24)19(15)18/h5-7,9-12,22H,4,8H2,1-3H3/t12-/m0/s1. The van der Waals surface area contributed by atoms with E-state index in [4.69, 9.17) is 4.74 Å². The molecule has 0 radical (unpaired) electrons. The molecule has 29 heavy (non-hydrogen) atoms. The van der Waals surface area contributed by atoms with Gasteiger partial charge in [-0.25, -0.2) is 13.2 Å². The molecule has 2 aromatic carbocycles. The van der Waals surface area contributed by atoms with Gasteiger partial charge < -0.3 is 9.64 Å². The quantitative estimate of drug-likeness (QED) is 0.658. The fraction of sp³-hybridized carbons (Fsp3) is 0.300. The molecule has 0 fully saturated rings. The number of sulfonamides is 1. The van der Waals surface area contributed by atoms with Gasteiger partial charge in [-0.1, -0.05) is 22.0 Å². The lowest BCUT2D eigenvalue weighted by molar-refractivity contribution is -0.116. The van der Waals surface area contributed by atoms with Crippen LogP contribution < -0.4 is 9.62 Å². The van der Waals surface area contributed by atoms with E-state index in [2.05, 4.69) is 20.7 Å². The van der Waals surface area contributed by atoms with Crippen molar-refractivity contribution >= 4 is 49.2 Å². The van der Waals surface area contributed by atoms with Crippen LogP contribution >= 0.6 is 15.9 Å². The van der Waals surface area contributed by atoms with Gasteiger partial charge in [0.1, 0.15) is 4.90 Å². The number of nitrogens with one attached hydrogen (secondary N) is 1. The number of fused-ring (bicyclic) bond motifs is 1. The van der Waals surface area contributed by atoms with Crippen LogP contribution in [-0.2, 0) is 26.0 Å². The molecule has 7 nitrogen and oxygen atoms in total. The first-order chi connectivity index (χ1) is 13.6. The first-order valence-corrected chi connectivity index (χ1v) is 11.3. The van der Waals surface area contributed by atoms with E-state index in [1.54, 1.807) is 25.1 Å². The van der Waals surface area contributed by atoms with Crippen molar-refractivity contribution in [3.05, 3.63) is 52.0 Å². The smallest absolute Gasteiger partial charge is 0.338 e. The first kappa shape index (κ1) is 21.3. The van der Waals surface area contributed by atoms with Crippen LogP contribution in [0.1, 0.15) is 36.7 Å². The zero-order valence-corrected chi connectivity index (χ0v) is 18.6. The summed E-state index contributed by atoms with van der Waals surface area (Å²) in [6.45, 7) is 5.21. The summed E-state index contributed by atoms with van der Waals surface area (Å²) in [7, 11) is -4.03. The lowest BCUT2D eigenvalue weighted by atomic mass is 10.1. The van der Waals surface area contributed by atoms with Crippen LogP contribution in [-0.4, -0.2) is 32.9 Å². The number of rotatable bonds is 5. The third kappa shape index (κ3) is 4.30. The fourth-order valence-corrected chi connectivity index (χ4v) is 5.46. The van der Waals surface area contributed by atoms with E-state index in [1.807, 2.05) is 13.0 Å². The van der Waals surface area contributed by atoms with Crippen molar-refractivity contribution in [1.29, 1.82) is 0 Å². The maximum atomic E-state index is 13.2. The lowest BCUT2D eigenvalue weighted by Crippen LogP contribution is -2.34. The number of amides is 1. The zero-order chi connectivity index (χ0) is 21.3. The number of carbonyl (C=O) groups is 2. The molecule has 154 valence electrons. The Balaban J connectivity index is 2.03. The van der Waals surface area contributed by atoms with E-state index >= 15 is 0 Å². The highest BCUT2D eigenvalue weighted by atomic mass is 79.9. The molecule has 0 spiro atoms. The minimum Gasteiger partial charge on any atom is -0.462 e. The van der Waals surface area contributed by atoms with Crippen molar-refractivity contribution in [1.82, 2.24) is 0 Å². The van der Waals surface area contributed by atoms with Crippen molar-refractivity contribution in [2.75, 3.05) is 16.2 Å². The highest BCUT2D eigenvalue weighted by molar-refractivity contribution is 9.10. The summed E-state index contributed by atoms with van der Waals surface area (Å²) in [5.41, 5.74) is 1.64. The first-order valence-electron chi connectivity index (χ1n) is 9.06. The van der Waals surface area contributed by atoms with E-state index in [0.717, 1.165) is 5.56 Å². The van der Waals surface area contributed by atoms with Crippen molar-refractivity contribution in [2.45, 2.75) is 38.1 Å². The molecule has 0 aromatic heterocycles. The lowest BCUT2D eigenvalue weighted by Gasteiger charge is -2.23. The van der Waals surface area contributed by atoms with Gasteiger partial charge in [0.25, 0.3) is 10.0 Å². The number of halogens is 1. The zero-order valence-electron chi connectivity index (χ0n) is 16.2. The van der Waals surface area contributed by atoms with Gasteiger partial charge in [-0.3, -0.25) is 9.52 Å². The van der Waals surface area contributed by atoms with E-state index < -0.39 is 16.0 Å². The van der Waals surface area contributed by atoms with Crippen LogP contribution in [0, 0.1) is 0 Å². The Hall–Kier alpha value is -2.39. The van der Waals surface area contributed by atoms with Crippen LogP contribution in [0.5, 0.6) is 0 Å². The molecule has 0 saturated heterocycles. The second-order valence-corrected chi connectivity index (χ2v) is 9.33. The van der Waals surface area contributed by atoms with Crippen LogP contribution in [0.15, 0.2) is 45.8 Å². The molecule has 0 bridgehead atoms. The Morgan fingerprint density at radius 2 is 2.00 bits per heavy atom. The number of ether oxygens (including phenoxy) is 1. The highest BCUT2D eigenvalue weighted by Gasteiger charge is 2.35. The SMILES string of the molecule is CCOC(=O)c1cccc(NS(=O)(=O)c2cc(Br)cc3c2N(C(C)=O)[C@@H](C)C3)c1. The molecule has 0 aliphatic carbocycles. The highest BCUT2D eigenvalue weighted by Crippen LogP contribution is 2.40. The Morgan fingerprint density at radius 3 is 2.66 bits per heavy atom. The second kappa shape index (κ2) is 8.16. The summed E-state index contributed by atoms with van der Waals surface area (Å²) in [5, 5.41) is 0. The Morgan fingerprint density at radius 1 is 1.28 bits per heavy atom. The molecule has 3 rings (SSSR count). The molecule has 9 heteroatoms. The van der Waals surface area contributed by atoms with Crippen molar-refractivity contribution in [3.63, 3.8) is 0 Å². The van der Waals surface area contributed by atoms with Crippen LogP contribution in [0.25, 0.3) is 0 Å². The number of esters is 1. The van der Waals surface area contributed by atoms with Crippen LogP contribution in [0.2, 0.25) is 0 Å². The molecule has 1 heterocycles. The summed E-state index contributed by atoms with van der Waals surface area (Å²) < 4.78 is 34.5. The minimum atomic E-state index is -4.03. The maximum absolute atomic E-state index is 13.2. The van der Waals surface area contributed by atoms with Gasteiger partial charge in [-0.15, -0.1) is 0 Å². The molecular weight excluding hydrogens is 460 g/mol. The average molecular weight is 481 g/mol. The van der Waals surface area contributed by atoms with Gasteiger partial charge in [0.2, 0.25) is 5.91 Å². The Bertz CT molecular complexity index is 1080. The summed E-state index contributed by atoms with van der Waals surface area (Å²) in [5.74, 6) is -0.757. The molecule has 0 saturated carbocycles. The molecule has 1 aliphatic heterocycles. The molecule has 0 unspecified atom stereocenters. The third-order valence-electron chi connectivity index (χ3n) is 4.57. The van der Waals surface area contributed by atoms with E-state index in [-0.39, 0.29) is 34.7 Å². The summed E-state index contributed by atoms with van der Waals surface area (Å²) in [4.78, 5) is 25.6. The molecule has 2 aromatic rings. The summed E-state index contributed by atoms with van der Waals surface area (Å²) in [6, 6.07) is 9.24. The van der Waals surface area contributed by atoms with E-state index in [9.17, 15) is 18.0 Å². The predicted molar refractivity (Wildman–Crippen MR) is 114 cm³/mol. The van der Waals surface area contributed by atoms with Crippen molar-refractivity contribution in [3.8, 4) is 0 Å². The molecular formula is C20H21BrN2O5S. The van der Waals surface area contributed by atoms with Crippen LogP contribution in [0.3, 0.4) is 0 Å². The normalized spacial score (nSPS) is 15.7. The van der Waals surface area contributed by atoms with Gasteiger partial charge in [0, 0.05) is 23.1 Å². The number of carbonyl (C=O) groups excluding carboxylic acids is 2. The fourth-order valence-electron chi connectivity index (χ4n) is 3.49. The van der Waals surface area contributed by atoms with Gasteiger partial charge in [-0.05, 0) is 56.2 Å². The molecule has 1 atom stereocenters. The van der Waals surface area contributed by atoms with Gasteiger partial charge >= 0.3 is 5.97 Å². The maximum Gasteiger partial charge on any atom is 0.338 e. The van der Waals surface area contributed by atoms with Gasteiger partial charge in [-0.2, -0.15) is 0 Å². The van der Waals surface area contributed by atoms with Crippen molar-refractivity contribution in [2.24, 2.45) is 0 Å². The number of anilines is 2. The molecule has 1 N–H and O–H groups in total. The monoisotopic (exact) mass is 480 g/mol. The average Bonchev–Trinajstić information content (AvgIpc) is 2.96. The number of hydrogen-bond donors (Lipinski definition) is 1. The minimum absolute atomic E-state index is 0.00274. The van der Waals surface area contributed by atoms with Gasteiger partial charge in [0.15, 0.2) is 0 Å².